The Morgan fingerprint density at radius 1 is 1.47 bits per heavy atom. The van der Waals surface area contributed by atoms with Crippen LogP contribution in [-0.4, -0.2) is 12.5 Å². The van der Waals surface area contributed by atoms with E-state index in [2.05, 4.69) is 16.4 Å². The van der Waals surface area contributed by atoms with Crippen LogP contribution in [0.25, 0.3) is 0 Å². The van der Waals surface area contributed by atoms with Crippen LogP contribution in [0.1, 0.15) is 12.5 Å². The van der Waals surface area contributed by atoms with Gasteiger partial charge in [0.15, 0.2) is 5.96 Å². The van der Waals surface area contributed by atoms with Gasteiger partial charge in [0.1, 0.15) is 0 Å². The van der Waals surface area contributed by atoms with Gasteiger partial charge in [0.05, 0.1) is 18.5 Å². The van der Waals surface area contributed by atoms with Crippen molar-refractivity contribution in [3.05, 3.63) is 35.9 Å². The minimum Gasteiger partial charge on any atom is -0.370 e. The van der Waals surface area contributed by atoms with Gasteiger partial charge in [-0.3, -0.25) is 0 Å². The topological polar surface area (TPSA) is 74.2 Å². The molecule has 0 fully saturated rings. The number of guanidine groups is 1. The van der Waals surface area contributed by atoms with Crippen molar-refractivity contribution in [2.45, 2.75) is 13.5 Å². The quantitative estimate of drug-likeness (QED) is 0.498. The van der Waals surface area contributed by atoms with E-state index in [1.807, 2.05) is 37.3 Å². The molecule has 0 amide bonds. The highest BCUT2D eigenvalue weighted by molar-refractivity contribution is 14.0. The van der Waals surface area contributed by atoms with Crippen molar-refractivity contribution in [1.82, 2.24) is 5.32 Å². The standard InChI is InChI=1S/C12H16N4.HI/c1-10(7-13)8-15-12(14)16-9-11-5-3-2-4-6-11;/h2-6,10H,8-9H2,1H3,(H3,14,15,16);1H. The number of rotatable bonds is 4. The molecule has 0 aliphatic heterocycles. The largest absolute Gasteiger partial charge is 0.370 e. The number of nitrogens with one attached hydrogen (secondary N) is 1. The monoisotopic (exact) mass is 344 g/mol. The Morgan fingerprint density at radius 3 is 2.71 bits per heavy atom. The average molecular weight is 344 g/mol. The first-order valence-corrected chi connectivity index (χ1v) is 5.19. The lowest BCUT2D eigenvalue weighted by Gasteiger charge is -2.06. The normalized spacial score (nSPS) is 12.1. The van der Waals surface area contributed by atoms with Crippen molar-refractivity contribution < 1.29 is 0 Å². The van der Waals surface area contributed by atoms with Crippen LogP contribution in [0.5, 0.6) is 0 Å². The fourth-order valence-electron chi connectivity index (χ4n) is 1.12. The average Bonchev–Trinajstić information content (AvgIpc) is 2.34. The van der Waals surface area contributed by atoms with Gasteiger partial charge in [-0.2, -0.15) is 5.26 Å². The van der Waals surface area contributed by atoms with Crippen LogP contribution in [0, 0.1) is 17.2 Å². The van der Waals surface area contributed by atoms with E-state index in [1.54, 1.807) is 0 Å². The van der Waals surface area contributed by atoms with Crippen LogP contribution in [-0.2, 0) is 6.54 Å². The Kier molecular flexibility index (Phi) is 8.15. The summed E-state index contributed by atoms with van der Waals surface area (Å²) in [6.07, 6.45) is 0. The van der Waals surface area contributed by atoms with Gasteiger partial charge in [-0.05, 0) is 12.5 Å². The molecule has 0 spiro atoms. The van der Waals surface area contributed by atoms with Crippen molar-refractivity contribution >= 4 is 29.9 Å². The Bertz CT molecular complexity index is 383. The molecule has 0 saturated heterocycles. The first-order chi connectivity index (χ1) is 7.72. The molecule has 0 radical (unpaired) electrons. The summed E-state index contributed by atoms with van der Waals surface area (Å²) in [5, 5.41) is 11.5. The molecule has 0 saturated carbocycles. The van der Waals surface area contributed by atoms with Crippen molar-refractivity contribution in [3.63, 3.8) is 0 Å². The third-order valence-electron chi connectivity index (χ3n) is 2.08. The van der Waals surface area contributed by atoms with Crippen LogP contribution >= 0.6 is 24.0 Å². The molecule has 0 aromatic heterocycles. The number of nitriles is 1. The molecule has 17 heavy (non-hydrogen) atoms. The molecule has 0 bridgehead atoms. The zero-order valence-electron chi connectivity index (χ0n) is 9.76. The highest BCUT2D eigenvalue weighted by Crippen LogP contribution is 1.99. The smallest absolute Gasteiger partial charge is 0.188 e. The molecule has 4 nitrogen and oxygen atoms in total. The van der Waals surface area contributed by atoms with E-state index >= 15 is 0 Å². The predicted molar refractivity (Wildman–Crippen MR) is 80.0 cm³/mol. The number of aliphatic imine (C=N–C) groups is 1. The molecule has 1 aromatic carbocycles. The zero-order chi connectivity index (χ0) is 11.8. The van der Waals surface area contributed by atoms with E-state index < -0.39 is 0 Å². The summed E-state index contributed by atoms with van der Waals surface area (Å²) in [5.41, 5.74) is 6.77. The van der Waals surface area contributed by atoms with Gasteiger partial charge in [0, 0.05) is 6.54 Å². The van der Waals surface area contributed by atoms with Gasteiger partial charge in [-0.1, -0.05) is 30.3 Å². The number of nitrogens with zero attached hydrogens (tertiary/aromatic N) is 2. The second-order valence-electron chi connectivity index (χ2n) is 3.60. The van der Waals surface area contributed by atoms with E-state index in [0.29, 0.717) is 19.0 Å². The molecule has 92 valence electrons. The Hall–Kier alpha value is -1.29. The number of benzene rings is 1. The maximum absolute atomic E-state index is 8.58. The highest BCUT2D eigenvalue weighted by Gasteiger charge is 1.98. The Balaban J connectivity index is 0.00000256. The van der Waals surface area contributed by atoms with Crippen LogP contribution < -0.4 is 11.1 Å². The third kappa shape index (κ3) is 6.79. The second kappa shape index (κ2) is 8.82. The molecular weight excluding hydrogens is 327 g/mol. The minimum absolute atomic E-state index is 0. The van der Waals surface area contributed by atoms with Gasteiger partial charge in [0.2, 0.25) is 0 Å². The molecule has 1 atom stereocenters. The van der Waals surface area contributed by atoms with Crippen molar-refractivity contribution in [1.29, 1.82) is 5.26 Å². The molecule has 0 aliphatic carbocycles. The number of nitrogens with two attached hydrogens (primary N) is 1. The van der Waals surface area contributed by atoms with Crippen LogP contribution in [0.15, 0.2) is 35.3 Å². The van der Waals surface area contributed by atoms with Gasteiger partial charge in [-0.15, -0.1) is 24.0 Å². The maximum Gasteiger partial charge on any atom is 0.188 e. The van der Waals surface area contributed by atoms with Gasteiger partial charge in [0.25, 0.3) is 0 Å². The summed E-state index contributed by atoms with van der Waals surface area (Å²) in [7, 11) is 0. The van der Waals surface area contributed by atoms with E-state index in [9.17, 15) is 0 Å². The maximum atomic E-state index is 8.58. The van der Waals surface area contributed by atoms with Gasteiger partial charge >= 0.3 is 0 Å². The molecule has 5 heteroatoms. The second-order valence-corrected chi connectivity index (χ2v) is 3.60. The lowest BCUT2D eigenvalue weighted by molar-refractivity contribution is 0.696. The first-order valence-electron chi connectivity index (χ1n) is 5.19. The molecule has 0 heterocycles. The predicted octanol–water partition coefficient (Wildman–Crippen LogP) is 1.87. The van der Waals surface area contributed by atoms with Crippen LogP contribution in [0.4, 0.5) is 0 Å². The van der Waals surface area contributed by atoms with Crippen LogP contribution in [0.3, 0.4) is 0 Å². The van der Waals surface area contributed by atoms with Gasteiger partial charge < -0.3 is 11.1 Å². The van der Waals surface area contributed by atoms with Crippen molar-refractivity contribution in [2.75, 3.05) is 6.54 Å². The highest BCUT2D eigenvalue weighted by atomic mass is 127. The molecule has 3 N–H and O–H groups in total. The fraction of sp³-hybridized carbons (Fsp3) is 0.333. The van der Waals surface area contributed by atoms with Crippen LogP contribution in [0.2, 0.25) is 0 Å². The third-order valence-corrected chi connectivity index (χ3v) is 2.08. The summed E-state index contributed by atoms with van der Waals surface area (Å²) >= 11 is 0. The van der Waals surface area contributed by atoms with Gasteiger partial charge in [-0.25, -0.2) is 4.99 Å². The summed E-state index contributed by atoms with van der Waals surface area (Å²) < 4.78 is 0. The number of halogens is 1. The zero-order valence-corrected chi connectivity index (χ0v) is 12.1. The van der Waals surface area contributed by atoms with Crippen molar-refractivity contribution in [2.24, 2.45) is 16.6 Å². The number of hydrogen-bond donors (Lipinski definition) is 2. The fourth-order valence-corrected chi connectivity index (χ4v) is 1.12. The van der Waals surface area contributed by atoms with E-state index in [0.717, 1.165) is 5.56 Å². The molecule has 1 aromatic rings. The number of hydrogen-bond acceptors (Lipinski definition) is 2. The molecule has 1 unspecified atom stereocenters. The van der Waals surface area contributed by atoms with E-state index in [-0.39, 0.29) is 29.9 Å². The Morgan fingerprint density at radius 2 is 2.12 bits per heavy atom. The Labute approximate surface area is 119 Å². The summed E-state index contributed by atoms with van der Waals surface area (Å²) in [4.78, 5) is 4.17. The van der Waals surface area contributed by atoms with E-state index in [4.69, 9.17) is 11.0 Å². The molecule has 1 rings (SSSR count). The summed E-state index contributed by atoms with van der Waals surface area (Å²) in [5.74, 6) is 0.316. The van der Waals surface area contributed by atoms with Crippen molar-refractivity contribution in [3.8, 4) is 6.07 Å². The van der Waals surface area contributed by atoms with E-state index in [1.165, 1.54) is 0 Å². The lowest BCUT2D eigenvalue weighted by Crippen LogP contribution is -2.34. The first kappa shape index (κ1) is 15.7. The SMILES string of the molecule is CC(C#N)CNC(N)=NCc1ccccc1.I. The minimum atomic E-state index is -0.0644. The lowest BCUT2D eigenvalue weighted by atomic mass is 10.2. The molecule has 0 aliphatic rings. The summed E-state index contributed by atoms with van der Waals surface area (Å²) in [6.45, 7) is 2.92. The summed E-state index contributed by atoms with van der Waals surface area (Å²) in [6, 6.07) is 12.0. The molecular formula is C12H17IN4.